The molecule has 24 heavy (non-hydrogen) atoms. The predicted octanol–water partition coefficient (Wildman–Crippen LogP) is 1.88. The lowest BCUT2D eigenvalue weighted by Crippen LogP contribution is -2.66. The highest BCUT2D eigenvalue weighted by atomic mass is 19.1. The number of alkyl halides is 1. The molecule has 6 heteroatoms. The lowest BCUT2D eigenvalue weighted by atomic mass is 9.82. The molecule has 2 saturated heterocycles. The molecule has 1 atom stereocenters. The number of aromatic nitrogens is 1. The molecule has 5 nitrogen and oxygen atoms in total. The van der Waals surface area contributed by atoms with Crippen molar-refractivity contribution in [1.82, 2.24) is 14.8 Å². The van der Waals surface area contributed by atoms with Crippen molar-refractivity contribution < 1.29 is 13.9 Å². The zero-order valence-electron chi connectivity index (χ0n) is 14.3. The molecule has 0 radical (unpaired) electrons. The van der Waals surface area contributed by atoms with E-state index in [1.54, 1.807) is 11.1 Å². The van der Waals surface area contributed by atoms with Crippen LogP contribution in [-0.2, 0) is 16.1 Å². The van der Waals surface area contributed by atoms with Gasteiger partial charge in [0.25, 0.3) is 0 Å². The van der Waals surface area contributed by atoms with E-state index in [9.17, 15) is 9.18 Å². The molecule has 132 valence electrons. The van der Waals surface area contributed by atoms with E-state index in [0.29, 0.717) is 19.0 Å². The Morgan fingerprint density at radius 1 is 1.54 bits per heavy atom. The second kappa shape index (κ2) is 7.57. The summed E-state index contributed by atoms with van der Waals surface area (Å²) >= 11 is 0. The maximum Gasteiger partial charge on any atom is 0.225 e. The van der Waals surface area contributed by atoms with E-state index in [1.807, 2.05) is 12.3 Å². The number of nitrogens with zero attached hydrogens (tertiary/aromatic N) is 3. The fraction of sp³-hybridized carbons (Fsp3) is 0.667. The first-order valence-electron chi connectivity index (χ1n) is 8.65. The largest absolute Gasteiger partial charge is 0.371 e. The second-order valence-electron chi connectivity index (χ2n) is 7.15. The molecule has 0 saturated carbocycles. The van der Waals surface area contributed by atoms with Gasteiger partial charge in [0, 0.05) is 25.5 Å². The van der Waals surface area contributed by atoms with E-state index in [0.717, 1.165) is 32.5 Å². The summed E-state index contributed by atoms with van der Waals surface area (Å²) in [4.78, 5) is 19.8. The van der Waals surface area contributed by atoms with Crippen molar-refractivity contribution in [3.63, 3.8) is 0 Å². The summed E-state index contributed by atoms with van der Waals surface area (Å²) in [6.45, 7) is 3.31. The third-order valence-electron chi connectivity index (χ3n) is 5.00. The topological polar surface area (TPSA) is 45.7 Å². The van der Waals surface area contributed by atoms with Gasteiger partial charge in [0.2, 0.25) is 5.91 Å². The first-order chi connectivity index (χ1) is 11.6. The molecule has 2 aliphatic heterocycles. The standard InChI is InChI=1S/C18H26FN3O2/c1-21(10-15-3-2-8-20-9-15)11-16-4-6-18(24-12-16)13-22(14-18)17(23)5-7-19/h2-3,8-9,16H,4-7,10-14H2,1H3/t16-/m1/s1. The van der Waals surface area contributed by atoms with E-state index >= 15 is 0 Å². The number of rotatable bonds is 6. The van der Waals surface area contributed by atoms with Crippen LogP contribution in [0.3, 0.4) is 0 Å². The molecular formula is C18H26FN3O2. The Hall–Kier alpha value is -1.53. The number of pyridine rings is 1. The van der Waals surface area contributed by atoms with Gasteiger partial charge in [-0.15, -0.1) is 0 Å². The molecule has 1 spiro atoms. The van der Waals surface area contributed by atoms with Crippen LogP contribution < -0.4 is 0 Å². The normalized spacial score (nSPS) is 22.6. The van der Waals surface area contributed by atoms with Crippen molar-refractivity contribution in [2.75, 3.05) is 40.0 Å². The zero-order valence-corrected chi connectivity index (χ0v) is 14.3. The van der Waals surface area contributed by atoms with Gasteiger partial charge in [-0.05, 0) is 37.4 Å². The molecule has 0 bridgehead atoms. The maximum absolute atomic E-state index is 12.2. The van der Waals surface area contributed by atoms with Crippen LogP contribution in [0.25, 0.3) is 0 Å². The molecule has 3 rings (SSSR count). The summed E-state index contributed by atoms with van der Waals surface area (Å²) in [5, 5.41) is 0. The van der Waals surface area contributed by atoms with Gasteiger partial charge in [0.15, 0.2) is 0 Å². The highest BCUT2D eigenvalue weighted by Crippen LogP contribution is 2.36. The predicted molar refractivity (Wildman–Crippen MR) is 89.2 cm³/mol. The highest BCUT2D eigenvalue weighted by molar-refractivity contribution is 5.77. The minimum atomic E-state index is -0.575. The maximum atomic E-state index is 12.2. The SMILES string of the molecule is CN(Cc1cccnc1)C[C@H]1CCC2(CN(C(=O)CCF)C2)OC1. The van der Waals surface area contributed by atoms with E-state index in [-0.39, 0.29) is 17.9 Å². The average Bonchev–Trinajstić information content (AvgIpc) is 2.54. The third-order valence-corrected chi connectivity index (χ3v) is 5.00. The van der Waals surface area contributed by atoms with Crippen LogP contribution in [0.4, 0.5) is 4.39 Å². The monoisotopic (exact) mass is 335 g/mol. The number of carbonyl (C=O) groups is 1. The van der Waals surface area contributed by atoms with Crippen LogP contribution in [0, 0.1) is 5.92 Å². The first-order valence-corrected chi connectivity index (χ1v) is 8.65. The minimum Gasteiger partial charge on any atom is -0.371 e. The van der Waals surface area contributed by atoms with Gasteiger partial charge in [0.05, 0.1) is 32.8 Å². The molecule has 2 fully saturated rings. The Labute approximate surface area is 142 Å². The van der Waals surface area contributed by atoms with Gasteiger partial charge >= 0.3 is 0 Å². The van der Waals surface area contributed by atoms with Gasteiger partial charge in [0.1, 0.15) is 5.60 Å². The Morgan fingerprint density at radius 2 is 2.38 bits per heavy atom. The Balaban J connectivity index is 1.39. The van der Waals surface area contributed by atoms with Crippen molar-refractivity contribution in [3.8, 4) is 0 Å². The summed E-state index contributed by atoms with van der Waals surface area (Å²) in [6.07, 6.45) is 5.79. The highest BCUT2D eigenvalue weighted by Gasteiger charge is 2.48. The van der Waals surface area contributed by atoms with Crippen LogP contribution >= 0.6 is 0 Å². The number of ether oxygens (including phenoxy) is 1. The van der Waals surface area contributed by atoms with E-state index < -0.39 is 6.67 Å². The lowest BCUT2D eigenvalue weighted by molar-refractivity contribution is -0.189. The lowest BCUT2D eigenvalue weighted by Gasteiger charge is -2.53. The minimum absolute atomic E-state index is 0.00214. The number of hydrogen-bond donors (Lipinski definition) is 0. The van der Waals surface area contributed by atoms with Gasteiger partial charge in [-0.3, -0.25) is 14.2 Å². The van der Waals surface area contributed by atoms with Crippen LogP contribution in [0.5, 0.6) is 0 Å². The van der Waals surface area contributed by atoms with Gasteiger partial charge in [-0.1, -0.05) is 6.07 Å². The number of likely N-dealkylation sites (tertiary alicyclic amines) is 1. The Bertz CT molecular complexity index is 538. The molecule has 1 aromatic heterocycles. The van der Waals surface area contributed by atoms with Crippen molar-refractivity contribution in [3.05, 3.63) is 30.1 Å². The van der Waals surface area contributed by atoms with E-state index in [1.165, 1.54) is 5.56 Å². The first kappa shape index (κ1) is 17.3. The number of carbonyl (C=O) groups excluding carboxylic acids is 1. The summed E-state index contributed by atoms with van der Waals surface area (Å²) in [5.41, 5.74) is 1.05. The number of halogens is 1. The molecule has 0 unspecified atom stereocenters. The quantitative estimate of drug-likeness (QED) is 0.796. The van der Waals surface area contributed by atoms with Gasteiger partial charge < -0.3 is 14.5 Å². The molecule has 1 aromatic rings. The van der Waals surface area contributed by atoms with Crippen molar-refractivity contribution in [2.45, 2.75) is 31.4 Å². The van der Waals surface area contributed by atoms with Gasteiger partial charge in [-0.2, -0.15) is 0 Å². The smallest absolute Gasteiger partial charge is 0.225 e. The molecule has 0 aromatic carbocycles. The fourth-order valence-corrected chi connectivity index (χ4v) is 3.68. The van der Waals surface area contributed by atoms with Crippen molar-refractivity contribution in [2.24, 2.45) is 5.92 Å². The molecule has 1 amide bonds. The summed E-state index contributed by atoms with van der Waals surface area (Å²) in [7, 11) is 2.12. The molecule has 0 aliphatic carbocycles. The van der Waals surface area contributed by atoms with Crippen LogP contribution in [0.2, 0.25) is 0 Å². The molecule has 2 aliphatic rings. The fourth-order valence-electron chi connectivity index (χ4n) is 3.68. The van der Waals surface area contributed by atoms with Crippen molar-refractivity contribution in [1.29, 1.82) is 0 Å². The number of amides is 1. The summed E-state index contributed by atoms with van der Waals surface area (Å²) in [5.74, 6) is 0.429. The van der Waals surface area contributed by atoms with Crippen LogP contribution in [0.15, 0.2) is 24.5 Å². The van der Waals surface area contributed by atoms with E-state index in [4.69, 9.17) is 4.74 Å². The average molecular weight is 335 g/mol. The molecule has 3 heterocycles. The number of hydrogen-bond acceptors (Lipinski definition) is 4. The van der Waals surface area contributed by atoms with Crippen LogP contribution in [-0.4, -0.2) is 66.3 Å². The van der Waals surface area contributed by atoms with Crippen LogP contribution in [0.1, 0.15) is 24.8 Å². The molecular weight excluding hydrogens is 309 g/mol. The van der Waals surface area contributed by atoms with Gasteiger partial charge in [-0.25, -0.2) is 0 Å². The summed E-state index contributed by atoms with van der Waals surface area (Å²) in [6, 6.07) is 4.05. The second-order valence-corrected chi connectivity index (χ2v) is 7.15. The Morgan fingerprint density at radius 3 is 3.00 bits per heavy atom. The summed E-state index contributed by atoms with van der Waals surface area (Å²) < 4.78 is 18.3. The van der Waals surface area contributed by atoms with E-state index in [2.05, 4.69) is 23.0 Å². The molecule has 0 N–H and O–H groups in total. The zero-order chi connectivity index (χ0) is 17.0. The van der Waals surface area contributed by atoms with Crippen molar-refractivity contribution >= 4 is 5.91 Å². The Kier molecular flexibility index (Phi) is 5.46. The third kappa shape index (κ3) is 4.11.